The molecule has 0 heterocycles. The first kappa shape index (κ1) is 21.6. The summed E-state index contributed by atoms with van der Waals surface area (Å²) in [6.45, 7) is 3.39. The molecular formula is C25H26N2O5. The van der Waals surface area contributed by atoms with Crippen molar-refractivity contribution in [3.05, 3.63) is 72.3 Å². The van der Waals surface area contributed by atoms with Gasteiger partial charge in [0.15, 0.2) is 0 Å². The lowest BCUT2D eigenvalue weighted by molar-refractivity contribution is -0.145. The number of nitrogens with zero attached hydrogens (tertiary/aromatic N) is 1. The molecule has 2 aromatic rings. The summed E-state index contributed by atoms with van der Waals surface area (Å²) in [6.07, 6.45) is 2.40. The highest BCUT2D eigenvalue weighted by Crippen LogP contribution is 2.44. The Morgan fingerprint density at radius 1 is 1.09 bits per heavy atom. The number of fused-ring (bicyclic) bond motifs is 3. The number of carboxylic acid groups (broad SMARTS) is 1. The number of ether oxygens (including phenoxy) is 1. The Morgan fingerprint density at radius 2 is 1.69 bits per heavy atom. The van der Waals surface area contributed by atoms with Gasteiger partial charge in [0, 0.05) is 12.5 Å². The van der Waals surface area contributed by atoms with E-state index in [-0.39, 0.29) is 25.0 Å². The molecular weight excluding hydrogens is 408 g/mol. The van der Waals surface area contributed by atoms with Crippen LogP contribution in [0, 0.1) is 5.92 Å². The van der Waals surface area contributed by atoms with E-state index in [1.54, 1.807) is 0 Å². The number of rotatable bonds is 9. The molecule has 1 unspecified atom stereocenters. The topological polar surface area (TPSA) is 95.9 Å². The minimum absolute atomic E-state index is 0.0101. The molecule has 2 aliphatic carbocycles. The van der Waals surface area contributed by atoms with E-state index in [2.05, 4.69) is 24.0 Å². The Balaban J connectivity index is 1.43. The maximum atomic E-state index is 12.9. The van der Waals surface area contributed by atoms with E-state index < -0.39 is 30.6 Å². The maximum Gasteiger partial charge on any atom is 0.407 e. The Labute approximate surface area is 186 Å². The molecule has 0 aliphatic heterocycles. The van der Waals surface area contributed by atoms with Crippen molar-refractivity contribution in [3.8, 4) is 11.1 Å². The third kappa shape index (κ3) is 4.51. The molecule has 1 atom stereocenters. The van der Waals surface area contributed by atoms with E-state index in [0.717, 1.165) is 35.1 Å². The van der Waals surface area contributed by atoms with Gasteiger partial charge in [0.2, 0.25) is 5.91 Å². The highest BCUT2D eigenvalue weighted by atomic mass is 16.5. The standard InChI is InChI=1S/C25H26N2O5/c1-2-13-27(14-22(28)29)24(30)23(16-11-12-16)26-25(31)32-15-21-19-9-5-3-7-17(19)18-8-4-6-10-20(18)21/h2-10,16,21,23H,1,11-15H2,(H,26,31)(H,28,29). The SMILES string of the molecule is C=CCN(CC(=O)O)C(=O)C(NC(=O)OCC1c2ccccc2-c2ccccc21)C1CC1. The average Bonchev–Trinajstić information content (AvgIpc) is 3.58. The van der Waals surface area contributed by atoms with Gasteiger partial charge in [0.25, 0.3) is 0 Å². The molecule has 32 heavy (non-hydrogen) atoms. The number of amides is 2. The fraction of sp³-hybridized carbons (Fsp3) is 0.320. The molecule has 0 bridgehead atoms. The summed E-state index contributed by atoms with van der Waals surface area (Å²) in [5, 5.41) is 11.8. The molecule has 166 valence electrons. The van der Waals surface area contributed by atoms with Crippen molar-refractivity contribution in [2.75, 3.05) is 19.7 Å². The highest BCUT2D eigenvalue weighted by molar-refractivity contribution is 5.89. The maximum absolute atomic E-state index is 12.9. The second-order valence-electron chi connectivity index (χ2n) is 8.19. The summed E-state index contributed by atoms with van der Waals surface area (Å²) in [7, 11) is 0. The van der Waals surface area contributed by atoms with E-state index in [0.29, 0.717) is 0 Å². The van der Waals surface area contributed by atoms with Crippen LogP contribution < -0.4 is 5.32 Å². The fourth-order valence-electron chi connectivity index (χ4n) is 4.33. The van der Waals surface area contributed by atoms with Crippen molar-refractivity contribution in [2.24, 2.45) is 5.92 Å². The zero-order chi connectivity index (χ0) is 22.7. The van der Waals surface area contributed by atoms with Crippen molar-refractivity contribution in [3.63, 3.8) is 0 Å². The summed E-state index contributed by atoms with van der Waals surface area (Å²) < 4.78 is 5.56. The van der Waals surface area contributed by atoms with Crippen molar-refractivity contribution in [1.29, 1.82) is 0 Å². The van der Waals surface area contributed by atoms with Crippen LogP contribution in [0.25, 0.3) is 11.1 Å². The minimum atomic E-state index is -1.11. The van der Waals surface area contributed by atoms with Gasteiger partial charge < -0.3 is 20.1 Å². The van der Waals surface area contributed by atoms with Crippen LogP contribution in [0.1, 0.15) is 29.9 Å². The molecule has 0 radical (unpaired) electrons. The lowest BCUT2D eigenvalue weighted by Gasteiger charge is -2.25. The lowest BCUT2D eigenvalue weighted by Crippen LogP contribution is -2.51. The Morgan fingerprint density at radius 3 is 2.22 bits per heavy atom. The number of carboxylic acids is 1. The third-order valence-electron chi connectivity index (χ3n) is 5.96. The van der Waals surface area contributed by atoms with E-state index >= 15 is 0 Å². The number of aliphatic carboxylic acids is 1. The molecule has 1 saturated carbocycles. The van der Waals surface area contributed by atoms with Gasteiger partial charge in [-0.15, -0.1) is 6.58 Å². The van der Waals surface area contributed by atoms with Crippen molar-refractivity contribution < 1.29 is 24.2 Å². The number of carbonyl (C=O) groups excluding carboxylic acids is 2. The van der Waals surface area contributed by atoms with Gasteiger partial charge in [-0.25, -0.2) is 4.79 Å². The van der Waals surface area contributed by atoms with Gasteiger partial charge in [-0.05, 0) is 41.0 Å². The predicted molar refractivity (Wildman–Crippen MR) is 119 cm³/mol. The largest absolute Gasteiger partial charge is 0.480 e. The molecule has 0 spiro atoms. The molecule has 2 aromatic carbocycles. The Kier molecular flexibility index (Phi) is 6.25. The normalized spacial score (nSPS) is 15.2. The molecule has 2 amide bonds. The van der Waals surface area contributed by atoms with Gasteiger partial charge in [0.05, 0.1) is 0 Å². The van der Waals surface area contributed by atoms with E-state index in [1.807, 2.05) is 36.4 Å². The van der Waals surface area contributed by atoms with Crippen LogP contribution in [0.2, 0.25) is 0 Å². The summed E-state index contributed by atoms with van der Waals surface area (Å²) in [6, 6.07) is 15.3. The Hall–Kier alpha value is -3.61. The van der Waals surface area contributed by atoms with Crippen LogP contribution in [0.4, 0.5) is 4.79 Å². The first-order valence-electron chi connectivity index (χ1n) is 10.7. The number of hydrogen-bond donors (Lipinski definition) is 2. The first-order valence-corrected chi connectivity index (χ1v) is 10.7. The Bertz CT molecular complexity index is 1000. The van der Waals surface area contributed by atoms with Crippen LogP contribution in [0.3, 0.4) is 0 Å². The van der Waals surface area contributed by atoms with Crippen LogP contribution >= 0.6 is 0 Å². The smallest absolute Gasteiger partial charge is 0.407 e. The summed E-state index contributed by atoms with van der Waals surface area (Å²) in [4.78, 5) is 37.9. The second-order valence-corrected chi connectivity index (χ2v) is 8.19. The zero-order valence-electron chi connectivity index (χ0n) is 17.7. The monoisotopic (exact) mass is 434 g/mol. The van der Waals surface area contributed by atoms with Crippen molar-refractivity contribution >= 4 is 18.0 Å². The molecule has 0 aromatic heterocycles. The molecule has 7 heteroatoms. The molecule has 7 nitrogen and oxygen atoms in total. The fourth-order valence-corrected chi connectivity index (χ4v) is 4.33. The number of carbonyl (C=O) groups is 3. The molecule has 0 saturated heterocycles. The minimum Gasteiger partial charge on any atom is -0.480 e. The van der Waals surface area contributed by atoms with Crippen LogP contribution in [0.15, 0.2) is 61.2 Å². The van der Waals surface area contributed by atoms with E-state index in [9.17, 15) is 14.4 Å². The van der Waals surface area contributed by atoms with Crippen molar-refractivity contribution in [2.45, 2.75) is 24.8 Å². The number of nitrogens with one attached hydrogen (secondary N) is 1. The van der Waals surface area contributed by atoms with Gasteiger partial charge in [-0.2, -0.15) is 0 Å². The number of hydrogen-bond acceptors (Lipinski definition) is 4. The highest BCUT2D eigenvalue weighted by Gasteiger charge is 2.40. The van der Waals surface area contributed by atoms with Crippen LogP contribution in [0.5, 0.6) is 0 Å². The quantitative estimate of drug-likeness (QED) is 0.590. The molecule has 4 rings (SSSR count). The van der Waals surface area contributed by atoms with Gasteiger partial charge in [0.1, 0.15) is 19.2 Å². The lowest BCUT2D eigenvalue weighted by atomic mass is 9.98. The van der Waals surface area contributed by atoms with Gasteiger partial charge in [-0.1, -0.05) is 54.6 Å². The summed E-state index contributed by atoms with van der Waals surface area (Å²) in [5.74, 6) is -1.63. The molecule has 1 fully saturated rings. The third-order valence-corrected chi connectivity index (χ3v) is 5.96. The second kappa shape index (κ2) is 9.26. The van der Waals surface area contributed by atoms with Gasteiger partial charge in [-0.3, -0.25) is 9.59 Å². The molecule has 2 N–H and O–H groups in total. The van der Waals surface area contributed by atoms with Gasteiger partial charge >= 0.3 is 12.1 Å². The van der Waals surface area contributed by atoms with E-state index in [1.165, 1.54) is 11.0 Å². The zero-order valence-corrected chi connectivity index (χ0v) is 17.7. The van der Waals surface area contributed by atoms with E-state index in [4.69, 9.17) is 9.84 Å². The van der Waals surface area contributed by atoms with Crippen LogP contribution in [-0.2, 0) is 14.3 Å². The molecule has 2 aliphatic rings. The summed E-state index contributed by atoms with van der Waals surface area (Å²) >= 11 is 0. The number of benzene rings is 2. The number of alkyl carbamates (subject to hydrolysis) is 1. The summed E-state index contributed by atoms with van der Waals surface area (Å²) in [5.41, 5.74) is 4.48. The predicted octanol–water partition coefficient (Wildman–Crippen LogP) is 3.40. The first-order chi connectivity index (χ1) is 15.5. The average molecular weight is 434 g/mol. The van der Waals surface area contributed by atoms with Crippen LogP contribution in [-0.4, -0.2) is 53.7 Å². The van der Waals surface area contributed by atoms with Crippen molar-refractivity contribution in [1.82, 2.24) is 10.2 Å².